The van der Waals surface area contributed by atoms with Gasteiger partial charge in [-0.2, -0.15) is 5.10 Å². The molecule has 2 unspecified atom stereocenters. The Hall–Kier alpha value is -1.62. The quantitative estimate of drug-likeness (QED) is 0.916. The minimum Gasteiger partial charge on any atom is -0.330 e. The second kappa shape index (κ2) is 5.17. The number of hydrogen-bond donors (Lipinski definition) is 1. The van der Waals surface area contributed by atoms with Crippen molar-refractivity contribution in [1.29, 1.82) is 0 Å². The lowest BCUT2D eigenvalue weighted by atomic mass is 9.84. The van der Waals surface area contributed by atoms with E-state index in [1.807, 2.05) is 36.6 Å². The molecule has 0 spiro atoms. The molecule has 1 saturated carbocycles. The molecule has 3 rings (SSSR count). The van der Waals surface area contributed by atoms with Gasteiger partial charge in [0.05, 0.1) is 24.4 Å². The van der Waals surface area contributed by atoms with Crippen LogP contribution in [0.5, 0.6) is 0 Å². The molecule has 0 aromatic carbocycles. The number of imidazole rings is 1. The van der Waals surface area contributed by atoms with Crippen LogP contribution in [-0.2, 0) is 7.05 Å². The number of aryl methyl sites for hydroxylation is 1. The van der Waals surface area contributed by atoms with E-state index in [1.54, 1.807) is 0 Å². The zero-order valence-corrected chi connectivity index (χ0v) is 11.4. The SMILES string of the molecule is Cn1cc(-c2cncn2C2CCCCC2CN)cn1. The Morgan fingerprint density at radius 2 is 2.16 bits per heavy atom. The number of nitrogens with two attached hydrogens (primary N) is 1. The van der Waals surface area contributed by atoms with Gasteiger partial charge < -0.3 is 10.3 Å². The van der Waals surface area contributed by atoms with Gasteiger partial charge in [0.1, 0.15) is 0 Å². The van der Waals surface area contributed by atoms with E-state index in [4.69, 9.17) is 5.73 Å². The summed E-state index contributed by atoms with van der Waals surface area (Å²) < 4.78 is 4.13. The van der Waals surface area contributed by atoms with Gasteiger partial charge in [-0.15, -0.1) is 0 Å². The monoisotopic (exact) mass is 259 g/mol. The van der Waals surface area contributed by atoms with Crippen LogP contribution in [-0.4, -0.2) is 25.9 Å². The fourth-order valence-electron chi connectivity index (χ4n) is 3.18. The number of aromatic nitrogens is 4. The van der Waals surface area contributed by atoms with Gasteiger partial charge in [0.2, 0.25) is 0 Å². The molecule has 0 amide bonds. The second-order valence-electron chi connectivity index (χ2n) is 5.44. The molecule has 1 aliphatic rings. The predicted octanol–water partition coefficient (Wildman–Crippen LogP) is 1.97. The molecular formula is C14H21N5. The molecule has 2 heterocycles. The summed E-state index contributed by atoms with van der Waals surface area (Å²) in [6, 6.07) is 0.483. The van der Waals surface area contributed by atoms with Crippen molar-refractivity contribution in [3.63, 3.8) is 0 Å². The van der Waals surface area contributed by atoms with Crippen LogP contribution in [0.2, 0.25) is 0 Å². The molecule has 5 nitrogen and oxygen atoms in total. The third-order valence-electron chi connectivity index (χ3n) is 4.20. The third-order valence-corrected chi connectivity index (χ3v) is 4.20. The topological polar surface area (TPSA) is 61.7 Å². The van der Waals surface area contributed by atoms with E-state index in [9.17, 15) is 0 Å². The van der Waals surface area contributed by atoms with Crippen LogP contribution in [0.15, 0.2) is 24.9 Å². The van der Waals surface area contributed by atoms with E-state index in [1.165, 1.54) is 25.7 Å². The lowest BCUT2D eigenvalue weighted by Gasteiger charge is -2.32. The van der Waals surface area contributed by atoms with Crippen molar-refractivity contribution in [3.05, 3.63) is 24.9 Å². The molecule has 2 atom stereocenters. The Kier molecular flexibility index (Phi) is 3.38. The maximum absolute atomic E-state index is 5.94. The van der Waals surface area contributed by atoms with Crippen LogP contribution >= 0.6 is 0 Å². The van der Waals surface area contributed by atoms with Crippen molar-refractivity contribution >= 4 is 0 Å². The minimum absolute atomic E-state index is 0.483. The van der Waals surface area contributed by atoms with E-state index < -0.39 is 0 Å². The molecule has 0 bridgehead atoms. The molecule has 1 fully saturated rings. The molecule has 0 aliphatic heterocycles. The predicted molar refractivity (Wildman–Crippen MR) is 74.5 cm³/mol. The van der Waals surface area contributed by atoms with Crippen LogP contribution in [0.1, 0.15) is 31.7 Å². The standard InChI is InChI=1S/C14H21N5/c1-18-9-12(7-17-18)14-8-16-10-19(14)13-5-3-2-4-11(13)6-15/h7-11,13H,2-6,15H2,1H3. The first-order valence-corrected chi connectivity index (χ1v) is 7.00. The van der Waals surface area contributed by atoms with Crippen molar-refractivity contribution in [2.75, 3.05) is 6.54 Å². The summed E-state index contributed by atoms with van der Waals surface area (Å²) in [4.78, 5) is 4.34. The largest absolute Gasteiger partial charge is 0.330 e. The molecule has 2 aromatic rings. The first-order chi connectivity index (χ1) is 9.29. The molecular weight excluding hydrogens is 238 g/mol. The van der Waals surface area contributed by atoms with Gasteiger partial charge in [-0.25, -0.2) is 4.98 Å². The third kappa shape index (κ3) is 2.30. The van der Waals surface area contributed by atoms with Crippen molar-refractivity contribution in [2.45, 2.75) is 31.7 Å². The van der Waals surface area contributed by atoms with E-state index in [0.29, 0.717) is 12.0 Å². The molecule has 2 N–H and O–H groups in total. The molecule has 0 radical (unpaired) electrons. The Morgan fingerprint density at radius 3 is 2.89 bits per heavy atom. The summed E-state index contributed by atoms with van der Waals surface area (Å²) in [7, 11) is 1.94. The van der Waals surface area contributed by atoms with Crippen LogP contribution in [0, 0.1) is 5.92 Å². The Morgan fingerprint density at radius 1 is 1.32 bits per heavy atom. The maximum atomic E-state index is 5.94. The first kappa shape index (κ1) is 12.4. The number of nitrogens with zero attached hydrogens (tertiary/aromatic N) is 4. The van der Waals surface area contributed by atoms with Gasteiger partial charge >= 0.3 is 0 Å². The smallest absolute Gasteiger partial charge is 0.0953 e. The van der Waals surface area contributed by atoms with Crippen molar-refractivity contribution in [1.82, 2.24) is 19.3 Å². The molecule has 1 aliphatic carbocycles. The van der Waals surface area contributed by atoms with Crippen LogP contribution in [0.25, 0.3) is 11.3 Å². The van der Waals surface area contributed by atoms with Crippen LogP contribution < -0.4 is 5.73 Å². The molecule has 102 valence electrons. The average molecular weight is 259 g/mol. The summed E-state index contributed by atoms with van der Waals surface area (Å²) in [6.07, 6.45) is 12.8. The summed E-state index contributed by atoms with van der Waals surface area (Å²) in [5.74, 6) is 0.568. The van der Waals surface area contributed by atoms with Gasteiger partial charge in [-0.3, -0.25) is 4.68 Å². The highest BCUT2D eigenvalue weighted by Crippen LogP contribution is 2.36. The zero-order valence-electron chi connectivity index (χ0n) is 11.4. The Labute approximate surface area is 113 Å². The van der Waals surface area contributed by atoms with Gasteiger partial charge in [-0.1, -0.05) is 12.8 Å². The zero-order chi connectivity index (χ0) is 13.2. The summed E-state index contributed by atoms with van der Waals surface area (Å²) in [5.41, 5.74) is 8.22. The van der Waals surface area contributed by atoms with E-state index in [-0.39, 0.29) is 0 Å². The van der Waals surface area contributed by atoms with Crippen molar-refractivity contribution in [2.24, 2.45) is 18.7 Å². The van der Waals surface area contributed by atoms with Crippen molar-refractivity contribution in [3.8, 4) is 11.3 Å². The number of rotatable bonds is 3. The minimum atomic E-state index is 0.483. The Balaban J connectivity index is 1.95. The molecule has 2 aromatic heterocycles. The lowest BCUT2D eigenvalue weighted by Crippen LogP contribution is -2.29. The fraction of sp³-hybridized carbons (Fsp3) is 0.571. The van der Waals surface area contributed by atoms with E-state index in [2.05, 4.69) is 14.6 Å². The Bertz CT molecular complexity index is 542. The van der Waals surface area contributed by atoms with Crippen LogP contribution in [0.3, 0.4) is 0 Å². The van der Waals surface area contributed by atoms with Gasteiger partial charge in [-0.05, 0) is 25.3 Å². The van der Waals surface area contributed by atoms with Crippen LogP contribution in [0.4, 0.5) is 0 Å². The number of hydrogen-bond acceptors (Lipinski definition) is 3. The molecule has 19 heavy (non-hydrogen) atoms. The maximum Gasteiger partial charge on any atom is 0.0953 e. The molecule has 0 saturated heterocycles. The highest BCUT2D eigenvalue weighted by molar-refractivity contribution is 5.56. The first-order valence-electron chi connectivity index (χ1n) is 7.00. The molecule has 5 heteroatoms. The summed E-state index contributed by atoms with van der Waals surface area (Å²) >= 11 is 0. The summed E-state index contributed by atoms with van der Waals surface area (Å²) in [5, 5.41) is 4.25. The second-order valence-corrected chi connectivity index (χ2v) is 5.44. The fourth-order valence-corrected chi connectivity index (χ4v) is 3.18. The lowest BCUT2D eigenvalue weighted by molar-refractivity contribution is 0.246. The van der Waals surface area contributed by atoms with Gasteiger partial charge in [0.15, 0.2) is 0 Å². The average Bonchev–Trinajstić information content (AvgIpc) is 3.06. The normalized spacial score (nSPS) is 23.7. The highest BCUT2D eigenvalue weighted by Gasteiger charge is 2.27. The van der Waals surface area contributed by atoms with Gasteiger partial charge in [0.25, 0.3) is 0 Å². The summed E-state index contributed by atoms with van der Waals surface area (Å²) in [6.45, 7) is 0.759. The van der Waals surface area contributed by atoms with Gasteiger partial charge in [0, 0.05) is 24.8 Å². The highest BCUT2D eigenvalue weighted by atomic mass is 15.2. The van der Waals surface area contributed by atoms with Crippen molar-refractivity contribution < 1.29 is 0 Å². The van der Waals surface area contributed by atoms with E-state index in [0.717, 1.165) is 17.8 Å². The van der Waals surface area contributed by atoms with E-state index >= 15 is 0 Å².